The number of anilines is 1. The molecular weight excluding hydrogens is 444 g/mol. The molecule has 174 valence electrons. The summed E-state index contributed by atoms with van der Waals surface area (Å²) < 4.78 is 4.80. The van der Waals surface area contributed by atoms with Crippen LogP contribution in [0.5, 0.6) is 0 Å². The highest BCUT2D eigenvalue weighted by Crippen LogP contribution is 2.31. The van der Waals surface area contributed by atoms with E-state index in [2.05, 4.69) is 30.9 Å². The zero-order valence-electron chi connectivity index (χ0n) is 18.4. The van der Waals surface area contributed by atoms with E-state index in [9.17, 15) is 9.59 Å². The maximum Gasteiger partial charge on any atom is 0.325 e. The molecule has 0 aliphatic heterocycles. The van der Waals surface area contributed by atoms with Gasteiger partial charge in [0.2, 0.25) is 0 Å². The van der Waals surface area contributed by atoms with Crippen LogP contribution < -0.4 is 16.0 Å². The summed E-state index contributed by atoms with van der Waals surface area (Å²) in [7, 11) is 0. The first-order chi connectivity index (χ1) is 16.0. The molecule has 0 radical (unpaired) electrons. The zero-order chi connectivity index (χ0) is 23.2. The molecule has 0 aromatic carbocycles. The van der Waals surface area contributed by atoms with Gasteiger partial charge < -0.3 is 25.7 Å². The Bertz CT molecular complexity index is 1130. The summed E-state index contributed by atoms with van der Waals surface area (Å²) in [6, 6.07) is 7.71. The minimum atomic E-state index is -0.446. The number of rotatable bonds is 7. The molecule has 1 fully saturated rings. The second kappa shape index (κ2) is 10.5. The predicted molar refractivity (Wildman–Crippen MR) is 127 cm³/mol. The maximum atomic E-state index is 12.0. The van der Waals surface area contributed by atoms with Crippen LogP contribution in [0.3, 0.4) is 0 Å². The van der Waals surface area contributed by atoms with Crippen LogP contribution in [0.2, 0.25) is 5.15 Å². The molecule has 10 heteroatoms. The highest BCUT2D eigenvalue weighted by molar-refractivity contribution is 6.29. The molecule has 1 saturated carbocycles. The molecule has 0 spiro atoms. The number of carbonyl (C=O) groups is 2. The predicted octanol–water partition coefficient (Wildman–Crippen LogP) is 3.86. The maximum absolute atomic E-state index is 12.0. The standard InChI is InChI=1S/C23H27ClN6O3/c1-2-33-21(31)13-27-23(32)29-16-7-5-15(6-8-16)28-20-11-14(10-19(24)30-20)18-12-26-22-17(18)4-3-9-25-22/h3-4,9-12,15-16H,2,5-8,13H2,1H3,(H,25,26)(H,28,30)(H2,27,29,32). The number of fused-ring (bicyclic) bond motifs is 1. The molecule has 3 aromatic heterocycles. The number of hydrogen-bond donors (Lipinski definition) is 4. The van der Waals surface area contributed by atoms with Crippen LogP contribution in [-0.4, -0.2) is 52.2 Å². The topological polar surface area (TPSA) is 121 Å². The van der Waals surface area contributed by atoms with Gasteiger partial charge in [-0.15, -0.1) is 0 Å². The Labute approximate surface area is 196 Å². The van der Waals surface area contributed by atoms with Crippen LogP contribution >= 0.6 is 11.6 Å². The third-order valence-corrected chi connectivity index (χ3v) is 5.86. The number of hydrogen-bond acceptors (Lipinski definition) is 6. The first-order valence-electron chi connectivity index (χ1n) is 11.1. The van der Waals surface area contributed by atoms with Crippen molar-refractivity contribution < 1.29 is 14.3 Å². The number of halogens is 1. The fourth-order valence-electron chi connectivity index (χ4n) is 4.11. The lowest BCUT2D eigenvalue weighted by molar-refractivity contribution is -0.141. The Morgan fingerprint density at radius 3 is 2.79 bits per heavy atom. The third kappa shape index (κ3) is 5.92. The smallest absolute Gasteiger partial charge is 0.325 e. The van der Waals surface area contributed by atoms with Gasteiger partial charge in [-0.05, 0) is 62.4 Å². The molecule has 0 unspecified atom stereocenters. The van der Waals surface area contributed by atoms with Gasteiger partial charge in [0.25, 0.3) is 0 Å². The molecule has 1 aliphatic carbocycles. The minimum absolute atomic E-state index is 0.0619. The van der Waals surface area contributed by atoms with Gasteiger partial charge in [0.05, 0.1) is 6.61 Å². The average Bonchev–Trinajstić information content (AvgIpc) is 3.23. The first-order valence-corrected chi connectivity index (χ1v) is 11.5. The monoisotopic (exact) mass is 470 g/mol. The van der Waals surface area contributed by atoms with Crippen molar-refractivity contribution >= 4 is 40.5 Å². The first kappa shape index (κ1) is 22.8. The molecule has 3 aromatic rings. The van der Waals surface area contributed by atoms with E-state index < -0.39 is 5.97 Å². The number of carbonyl (C=O) groups excluding carboxylic acids is 2. The molecule has 4 N–H and O–H groups in total. The van der Waals surface area contributed by atoms with E-state index in [0.717, 1.165) is 53.7 Å². The van der Waals surface area contributed by atoms with E-state index in [1.165, 1.54) is 0 Å². The van der Waals surface area contributed by atoms with Crippen LogP contribution in [0, 0.1) is 0 Å². The minimum Gasteiger partial charge on any atom is -0.465 e. The number of esters is 1. The van der Waals surface area contributed by atoms with Crippen molar-refractivity contribution in [2.24, 2.45) is 0 Å². The van der Waals surface area contributed by atoms with Gasteiger partial charge in [-0.2, -0.15) is 0 Å². The molecule has 0 atom stereocenters. The molecule has 3 heterocycles. The SMILES string of the molecule is CCOC(=O)CNC(=O)NC1CCC(Nc2cc(-c3c[nH]c4ncccc34)cc(Cl)n2)CC1. The van der Waals surface area contributed by atoms with E-state index >= 15 is 0 Å². The summed E-state index contributed by atoms with van der Waals surface area (Å²) >= 11 is 6.32. The normalized spacial score (nSPS) is 18.0. The lowest BCUT2D eigenvalue weighted by Gasteiger charge is -2.30. The van der Waals surface area contributed by atoms with Crippen molar-refractivity contribution in [2.75, 3.05) is 18.5 Å². The van der Waals surface area contributed by atoms with Crippen molar-refractivity contribution in [2.45, 2.75) is 44.7 Å². The van der Waals surface area contributed by atoms with Gasteiger partial charge in [-0.25, -0.2) is 14.8 Å². The molecule has 2 amide bonds. The number of aromatic amines is 1. The van der Waals surface area contributed by atoms with Gasteiger partial charge in [-0.1, -0.05) is 11.6 Å². The lowest BCUT2D eigenvalue weighted by atomic mass is 9.91. The Morgan fingerprint density at radius 1 is 1.21 bits per heavy atom. The number of ether oxygens (including phenoxy) is 1. The van der Waals surface area contributed by atoms with Crippen LogP contribution in [0.15, 0.2) is 36.7 Å². The summed E-state index contributed by atoms with van der Waals surface area (Å²) in [6.45, 7) is 1.89. The van der Waals surface area contributed by atoms with Crippen molar-refractivity contribution in [1.82, 2.24) is 25.6 Å². The zero-order valence-corrected chi connectivity index (χ0v) is 19.1. The van der Waals surface area contributed by atoms with Crippen LogP contribution in [0.1, 0.15) is 32.6 Å². The summed E-state index contributed by atoms with van der Waals surface area (Å²) in [6.07, 6.45) is 7.09. The molecule has 9 nitrogen and oxygen atoms in total. The number of nitrogens with zero attached hydrogens (tertiary/aromatic N) is 2. The van der Waals surface area contributed by atoms with Gasteiger partial charge in [-0.3, -0.25) is 4.79 Å². The van der Waals surface area contributed by atoms with Crippen molar-refractivity contribution in [3.63, 3.8) is 0 Å². The van der Waals surface area contributed by atoms with Crippen LogP contribution in [-0.2, 0) is 9.53 Å². The summed E-state index contributed by atoms with van der Waals surface area (Å²) in [5.74, 6) is 0.275. The number of H-pyrrole nitrogens is 1. The van der Waals surface area contributed by atoms with E-state index in [0.29, 0.717) is 11.8 Å². The summed E-state index contributed by atoms with van der Waals surface area (Å²) in [4.78, 5) is 35.3. The third-order valence-electron chi connectivity index (χ3n) is 5.67. The lowest BCUT2D eigenvalue weighted by Crippen LogP contribution is -2.46. The molecule has 0 saturated heterocycles. The van der Waals surface area contributed by atoms with E-state index in [4.69, 9.17) is 16.3 Å². The average molecular weight is 471 g/mol. The van der Waals surface area contributed by atoms with E-state index in [-0.39, 0.29) is 24.7 Å². The van der Waals surface area contributed by atoms with Gasteiger partial charge in [0.1, 0.15) is 23.2 Å². The highest BCUT2D eigenvalue weighted by Gasteiger charge is 2.23. The number of amides is 2. The Morgan fingerprint density at radius 2 is 2.00 bits per heavy atom. The molecule has 33 heavy (non-hydrogen) atoms. The number of pyridine rings is 2. The second-order valence-electron chi connectivity index (χ2n) is 7.99. The summed E-state index contributed by atoms with van der Waals surface area (Å²) in [5.41, 5.74) is 2.81. The van der Waals surface area contributed by atoms with E-state index in [1.54, 1.807) is 13.1 Å². The molecule has 1 aliphatic rings. The highest BCUT2D eigenvalue weighted by atomic mass is 35.5. The fraction of sp³-hybridized carbons (Fsp3) is 0.391. The number of nitrogens with one attached hydrogen (secondary N) is 4. The largest absolute Gasteiger partial charge is 0.465 e. The van der Waals surface area contributed by atoms with E-state index in [1.807, 2.05) is 30.5 Å². The number of aromatic nitrogens is 3. The Balaban J connectivity index is 1.32. The van der Waals surface area contributed by atoms with Gasteiger partial charge in [0, 0.05) is 35.4 Å². The second-order valence-corrected chi connectivity index (χ2v) is 8.38. The van der Waals surface area contributed by atoms with Crippen LogP contribution in [0.4, 0.5) is 10.6 Å². The Kier molecular flexibility index (Phi) is 7.29. The summed E-state index contributed by atoms with van der Waals surface area (Å²) in [5, 5.41) is 10.4. The van der Waals surface area contributed by atoms with Crippen molar-refractivity contribution in [3.8, 4) is 11.1 Å². The molecule has 0 bridgehead atoms. The van der Waals surface area contributed by atoms with Crippen molar-refractivity contribution in [1.29, 1.82) is 0 Å². The van der Waals surface area contributed by atoms with Crippen molar-refractivity contribution in [3.05, 3.63) is 41.8 Å². The molecule has 4 rings (SSSR count). The Hall–Kier alpha value is -3.33. The fourth-order valence-corrected chi connectivity index (χ4v) is 4.32. The molecular formula is C23H27ClN6O3. The quantitative estimate of drug-likeness (QED) is 0.307. The van der Waals surface area contributed by atoms with Gasteiger partial charge in [0.15, 0.2) is 0 Å². The van der Waals surface area contributed by atoms with Gasteiger partial charge >= 0.3 is 12.0 Å². The number of urea groups is 1. The van der Waals surface area contributed by atoms with Crippen LogP contribution in [0.25, 0.3) is 22.2 Å².